The van der Waals surface area contributed by atoms with Gasteiger partial charge in [-0.1, -0.05) is 39.0 Å². The van der Waals surface area contributed by atoms with Gasteiger partial charge in [0.2, 0.25) is 0 Å². The Kier molecular flexibility index (Phi) is 2.98. The van der Waals surface area contributed by atoms with E-state index in [0.717, 1.165) is 31.5 Å². The first-order chi connectivity index (χ1) is 9.41. The van der Waals surface area contributed by atoms with Gasteiger partial charge in [0.25, 0.3) is 0 Å². The van der Waals surface area contributed by atoms with Gasteiger partial charge in [-0.25, -0.2) is 0 Å². The summed E-state index contributed by atoms with van der Waals surface area (Å²) in [6, 6.07) is 6.51. The average molecular weight is 271 g/mol. The monoisotopic (exact) mass is 271 g/mol. The van der Waals surface area contributed by atoms with Crippen LogP contribution < -0.4 is 0 Å². The standard InChI is InChI=1S/C18H25NO/c1-5-10-19-11-9-18(4)14-7-6-8-15(20)13(14)12-16(19)17(18,2)3/h5-8,16,20H,1,9-12H2,2-4H3/t16-,18+/m1/s1. The Morgan fingerprint density at radius 3 is 2.85 bits per heavy atom. The molecule has 0 aromatic heterocycles. The van der Waals surface area contributed by atoms with Crippen LogP contribution in [0, 0.1) is 5.41 Å². The summed E-state index contributed by atoms with van der Waals surface area (Å²) in [5.41, 5.74) is 2.86. The number of benzene rings is 1. The van der Waals surface area contributed by atoms with E-state index in [1.165, 1.54) is 5.56 Å². The number of fused-ring (bicyclic) bond motifs is 4. The number of hydrogen-bond acceptors (Lipinski definition) is 2. The van der Waals surface area contributed by atoms with E-state index in [0.29, 0.717) is 11.8 Å². The van der Waals surface area contributed by atoms with Crippen molar-refractivity contribution < 1.29 is 5.11 Å². The highest BCUT2D eigenvalue weighted by atomic mass is 16.3. The van der Waals surface area contributed by atoms with Crippen LogP contribution >= 0.6 is 0 Å². The highest BCUT2D eigenvalue weighted by molar-refractivity contribution is 5.48. The van der Waals surface area contributed by atoms with Crippen LogP contribution in [0.5, 0.6) is 5.75 Å². The van der Waals surface area contributed by atoms with E-state index in [2.05, 4.69) is 38.3 Å². The molecule has 108 valence electrons. The van der Waals surface area contributed by atoms with Crippen LogP contribution in [-0.2, 0) is 11.8 Å². The third kappa shape index (κ3) is 1.61. The fourth-order valence-corrected chi connectivity index (χ4v) is 4.42. The SMILES string of the molecule is C=CCN1CC[C@@]2(C)c3cccc(O)c3C[C@@H]1C2(C)C. The number of rotatable bonds is 2. The second-order valence-electron chi connectivity index (χ2n) is 7.11. The van der Waals surface area contributed by atoms with Gasteiger partial charge in [0.15, 0.2) is 0 Å². The van der Waals surface area contributed by atoms with Gasteiger partial charge >= 0.3 is 0 Å². The highest BCUT2D eigenvalue weighted by Gasteiger charge is 2.55. The van der Waals surface area contributed by atoms with Gasteiger partial charge in [-0.15, -0.1) is 6.58 Å². The molecule has 1 aliphatic heterocycles. The summed E-state index contributed by atoms with van der Waals surface area (Å²) in [6.45, 7) is 13.1. The van der Waals surface area contributed by atoms with Crippen molar-refractivity contribution in [1.82, 2.24) is 4.90 Å². The number of phenols is 1. The minimum absolute atomic E-state index is 0.141. The minimum atomic E-state index is 0.141. The fourth-order valence-electron chi connectivity index (χ4n) is 4.42. The van der Waals surface area contributed by atoms with E-state index in [-0.39, 0.29) is 10.8 Å². The predicted molar refractivity (Wildman–Crippen MR) is 83.1 cm³/mol. The van der Waals surface area contributed by atoms with Crippen molar-refractivity contribution in [1.29, 1.82) is 0 Å². The zero-order valence-corrected chi connectivity index (χ0v) is 12.8. The van der Waals surface area contributed by atoms with Gasteiger partial charge in [0.05, 0.1) is 0 Å². The molecule has 2 heteroatoms. The van der Waals surface area contributed by atoms with E-state index >= 15 is 0 Å². The molecule has 0 saturated carbocycles. The Morgan fingerprint density at radius 2 is 2.15 bits per heavy atom. The Hall–Kier alpha value is -1.28. The predicted octanol–water partition coefficient (Wildman–Crippen LogP) is 3.49. The summed E-state index contributed by atoms with van der Waals surface area (Å²) in [4.78, 5) is 2.53. The molecule has 0 spiro atoms. The van der Waals surface area contributed by atoms with Crippen molar-refractivity contribution in [3.63, 3.8) is 0 Å². The Balaban J connectivity index is 2.16. The lowest BCUT2D eigenvalue weighted by atomic mass is 9.51. The lowest BCUT2D eigenvalue weighted by molar-refractivity contribution is -0.0324. The fraction of sp³-hybridized carbons (Fsp3) is 0.556. The summed E-state index contributed by atoms with van der Waals surface area (Å²) in [5, 5.41) is 10.3. The maximum absolute atomic E-state index is 10.3. The molecule has 3 rings (SSSR count). The Bertz CT molecular complexity index is 548. The van der Waals surface area contributed by atoms with Crippen molar-refractivity contribution in [3.8, 4) is 5.75 Å². The third-order valence-electron chi connectivity index (χ3n) is 6.10. The molecule has 2 aliphatic rings. The Morgan fingerprint density at radius 1 is 1.40 bits per heavy atom. The highest BCUT2D eigenvalue weighted by Crippen LogP contribution is 2.56. The van der Waals surface area contributed by atoms with Crippen LogP contribution in [0.25, 0.3) is 0 Å². The van der Waals surface area contributed by atoms with Crippen molar-refractivity contribution >= 4 is 0 Å². The number of piperidine rings is 1. The van der Waals surface area contributed by atoms with Crippen LogP contribution in [0.4, 0.5) is 0 Å². The normalized spacial score (nSPS) is 31.6. The smallest absolute Gasteiger partial charge is 0.119 e. The van der Waals surface area contributed by atoms with Crippen molar-refractivity contribution in [3.05, 3.63) is 42.0 Å². The molecular weight excluding hydrogens is 246 g/mol. The molecule has 2 atom stereocenters. The maximum atomic E-state index is 10.3. The molecule has 1 aromatic rings. The lowest BCUT2D eigenvalue weighted by Crippen LogP contribution is -2.63. The lowest BCUT2D eigenvalue weighted by Gasteiger charge is -2.61. The largest absolute Gasteiger partial charge is 0.508 e. The molecule has 1 saturated heterocycles. The van der Waals surface area contributed by atoms with Crippen LogP contribution in [0.3, 0.4) is 0 Å². The van der Waals surface area contributed by atoms with E-state index in [9.17, 15) is 5.11 Å². The summed E-state index contributed by atoms with van der Waals surface area (Å²) >= 11 is 0. The molecule has 2 nitrogen and oxygen atoms in total. The van der Waals surface area contributed by atoms with Crippen LogP contribution in [0.1, 0.15) is 38.3 Å². The van der Waals surface area contributed by atoms with Gasteiger partial charge in [-0.2, -0.15) is 0 Å². The molecular formula is C18H25NO. The van der Waals surface area contributed by atoms with E-state index < -0.39 is 0 Å². The summed E-state index contributed by atoms with van der Waals surface area (Å²) in [7, 11) is 0. The molecule has 0 unspecified atom stereocenters. The molecule has 1 N–H and O–H groups in total. The number of aromatic hydroxyl groups is 1. The van der Waals surface area contributed by atoms with Crippen molar-refractivity contribution in [2.45, 2.75) is 45.1 Å². The van der Waals surface area contributed by atoms with E-state index in [1.54, 1.807) is 0 Å². The number of nitrogens with zero attached hydrogens (tertiary/aromatic N) is 1. The topological polar surface area (TPSA) is 23.5 Å². The average Bonchev–Trinajstić information content (AvgIpc) is 2.38. The Labute approximate surface area is 122 Å². The second kappa shape index (κ2) is 4.36. The molecule has 1 aliphatic carbocycles. The summed E-state index contributed by atoms with van der Waals surface area (Å²) in [5.74, 6) is 0.467. The number of hydrogen-bond donors (Lipinski definition) is 1. The zero-order chi connectivity index (χ0) is 14.5. The first-order valence-electron chi connectivity index (χ1n) is 7.58. The van der Waals surface area contributed by atoms with Gasteiger partial charge in [-0.3, -0.25) is 4.90 Å². The quantitative estimate of drug-likeness (QED) is 0.832. The van der Waals surface area contributed by atoms with Gasteiger partial charge in [-0.05, 0) is 42.0 Å². The molecule has 2 bridgehead atoms. The molecule has 1 aromatic carbocycles. The first kappa shape index (κ1) is 13.7. The molecule has 1 fully saturated rings. The minimum Gasteiger partial charge on any atom is -0.508 e. The zero-order valence-electron chi connectivity index (χ0n) is 12.8. The number of likely N-dealkylation sites (tertiary alicyclic amines) is 1. The van der Waals surface area contributed by atoms with Crippen molar-refractivity contribution in [2.24, 2.45) is 5.41 Å². The summed E-state index contributed by atoms with van der Waals surface area (Å²) in [6.07, 6.45) is 4.08. The van der Waals surface area contributed by atoms with E-state index in [1.807, 2.05) is 18.2 Å². The van der Waals surface area contributed by atoms with Gasteiger partial charge in [0, 0.05) is 18.0 Å². The van der Waals surface area contributed by atoms with Crippen LogP contribution in [0.15, 0.2) is 30.9 Å². The van der Waals surface area contributed by atoms with E-state index in [4.69, 9.17) is 0 Å². The van der Waals surface area contributed by atoms with Gasteiger partial charge < -0.3 is 5.11 Å². The maximum Gasteiger partial charge on any atom is 0.119 e. The third-order valence-corrected chi connectivity index (χ3v) is 6.10. The summed E-state index contributed by atoms with van der Waals surface area (Å²) < 4.78 is 0. The van der Waals surface area contributed by atoms with Crippen LogP contribution in [0.2, 0.25) is 0 Å². The van der Waals surface area contributed by atoms with Gasteiger partial charge in [0.1, 0.15) is 5.75 Å². The molecule has 1 heterocycles. The van der Waals surface area contributed by atoms with Crippen LogP contribution in [-0.4, -0.2) is 29.1 Å². The second-order valence-corrected chi connectivity index (χ2v) is 7.11. The number of phenolic OH excluding ortho intramolecular Hbond substituents is 1. The van der Waals surface area contributed by atoms with Crippen molar-refractivity contribution in [2.75, 3.05) is 13.1 Å². The molecule has 0 radical (unpaired) electrons. The molecule has 0 amide bonds. The molecule has 20 heavy (non-hydrogen) atoms. The first-order valence-corrected chi connectivity index (χ1v) is 7.58.